The maximum Gasteiger partial charge on any atom is 0.416 e. The molecule has 1 heterocycles. The van der Waals surface area contributed by atoms with Crippen LogP contribution in [0, 0.1) is 6.92 Å². The van der Waals surface area contributed by atoms with E-state index in [0.29, 0.717) is 5.95 Å². The lowest BCUT2D eigenvalue weighted by atomic mass is 10.1. The SMILES string of the molecule is Cc1cn(C(C)C)c(NCc2ccccc2C(F)(F)F)n1. The van der Waals surface area contributed by atoms with Crippen LogP contribution in [0.3, 0.4) is 0 Å². The van der Waals surface area contributed by atoms with Crippen molar-refractivity contribution in [3.63, 3.8) is 0 Å². The van der Waals surface area contributed by atoms with Crippen LogP contribution >= 0.6 is 0 Å². The molecule has 0 atom stereocenters. The summed E-state index contributed by atoms with van der Waals surface area (Å²) in [6, 6.07) is 5.76. The smallest absolute Gasteiger partial charge is 0.352 e. The van der Waals surface area contributed by atoms with Crippen molar-refractivity contribution in [3.05, 3.63) is 47.3 Å². The number of benzene rings is 1. The monoisotopic (exact) mass is 297 g/mol. The fraction of sp³-hybridized carbons (Fsp3) is 0.400. The highest BCUT2D eigenvalue weighted by Gasteiger charge is 2.32. The second kappa shape index (κ2) is 5.79. The van der Waals surface area contributed by atoms with Gasteiger partial charge in [0.25, 0.3) is 0 Å². The first-order valence-corrected chi connectivity index (χ1v) is 6.73. The molecular weight excluding hydrogens is 279 g/mol. The predicted octanol–water partition coefficient (Wildman–Crippen LogP) is 4.40. The zero-order valence-corrected chi connectivity index (χ0v) is 12.2. The van der Waals surface area contributed by atoms with Crippen molar-refractivity contribution in [1.29, 1.82) is 0 Å². The zero-order valence-electron chi connectivity index (χ0n) is 12.2. The van der Waals surface area contributed by atoms with Crippen LogP contribution in [0.2, 0.25) is 0 Å². The minimum atomic E-state index is -4.35. The molecular formula is C15H18F3N3. The maximum absolute atomic E-state index is 12.9. The van der Waals surface area contributed by atoms with Crippen LogP contribution in [-0.4, -0.2) is 9.55 Å². The summed E-state index contributed by atoms with van der Waals surface area (Å²) in [5.41, 5.74) is 0.424. The van der Waals surface area contributed by atoms with E-state index in [4.69, 9.17) is 0 Å². The third-order valence-electron chi connectivity index (χ3n) is 3.17. The molecule has 0 saturated heterocycles. The molecule has 0 aliphatic carbocycles. The number of hydrogen-bond donors (Lipinski definition) is 1. The number of hydrogen-bond acceptors (Lipinski definition) is 2. The lowest BCUT2D eigenvalue weighted by Crippen LogP contribution is -2.14. The Morgan fingerprint density at radius 1 is 1.24 bits per heavy atom. The van der Waals surface area contributed by atoms with E-state index in [0.717, 1.165) is 11.8 Å². The van der Waals surface area contributed by atoms with Crippen LogP contribution in [0.4, 0.5) is 19.1 Å². The Morgan fingerprint density at radius 3 is 2.52 bits per heavy atom. The number of nitrogens with zero attached hydrogens (tertiary/aromatic N) is 2. The third kappa shape index (κ3) is 3.56. The minimum absolute atomic E-state index is 0.0822. The highest BCUT2D eigenvalue weighted by Crippen LogP contribution is 2.32. The lowest BCUT2D eigenvalue weighted by molar-refractivity contribution is -0.138. The molecule has 1 N–H and O–H groups in total. The van der Waals surface area contributed by atoms with Crippen LogP contribution in [0.25, 0.3) is 0 Å². The summed E-state index contributed by atoms with van der Waals surface area (Å²) in [7, 11) is 0. The summed E-state index contributed by atoms with van der Waals surface area (Å²) in [5.74, 6) is 0.583. The Hall–Kier alpha value is -1.98. The van der Waals surface area contributed by atoms with E-state index < -0.39 is 11.7 Å². The molecule has 3 nitrogen and oxygen atoms in total. The summed E-state index contributed by atoms with van der Waals surface area (Å²) in [4.78, 5) is 4.31. The number of anilines is 1. The average Bonchev–Trinajstić information content (AvgIpc) is 2.77. The van der Waals surface area contributed by atoms with E-state index in [1.54, 1.807) is 6.07 Å². The van der Waals surface area contributed by atoms with Gasteiger partial charge in [-0.25, -0.2) is 4.98 Å². The molecule has 2 rings (SSSR count). The Balaban J connectivity index is 2.22. The van der Waals surface area contributed by atoms with Gasteiger partial charge in [0.15, 0.2) is 0 Å². The Labute approximate surface area is 121 Å². The molecule has 6 heteroatoms. The van der Waals surface area contributed by atoms with Crippen molar-refractivity contribution in [2.24, 2.45) is 0 Å². The van der Waals surface area contributed by atoms with Gasteiger partial charge in [0.05, 0.1) is 11.3 Å². The van der Waals surface area contributed by atoms with Gasteiger partial charge >= 0.3 is 6.18 Å². The van der Waals surface area contributed by atoms with E-state index >= 15 is 0 Å². The Bertz CT molecular complexity index is 615. The van der Waals surface area contributed by atoms with Gasteiger partial charge in [0.1, 0.15) is 0 Å². The molecule has 0 saturated carbocycles. The number of aryl methyl sites for hydroxylation is 1. The molecule has 0 amide bonds. The van der Waals surface area contributed by atoms with Crippen LogP contribution in [0.15, 0.2) is 30.5 Å². The molecule has 0 radical (unpaired) electrons. The number of imidazole rings is 1. The van der Waals surface area contributed by atoms with Gasteiger partial charge in [-0.15, -0.1) is 0 Å². The van der Waals surface area contributed by atoms with Crippen molar-refractivity contribution < 1.29 is 13.2 Å². The van der Waals surface area contributed by atoms with Gasteiger partial charge in [-0.1, -0.05) is 18.2 Å². The summed E-state index contributed by atoms with van der Waals surface area (Å²) in [6.07, 6.45) is -2.47. The number of aromatic nitrogens is 2. The predicted molar refractivity (Wildman–Crippen MR) is 76.1 cm³/mol. The van der Waals surface area contributed by atoms with E-state index in [1.165, 1.54) is 12.1 Å². The normalized spacial score (nSPS) is 12.0. The zero-order chi connectivity index (χ0) is 15.6. The first kappa shape index (κ1) is 15.4. The first-order valence-electron chi connectivity index (χ1n) is 6.73. The van der Waals surface area contributed by atoms with Crippen molar-refractivity contribution in [1.82, 2.24) is 9.55 Å². The highest BCUT2D eigenvalue weighted by atomic mass is 19.4. The summed E-state index contributed by atoms with van der Waals surface area (Å²) in [6.45, 7) is 5.93. The molecule has 1 aromatic carbocycles. The Morgan fingerprint density at radius 2 is 1.90 bits per heavy atom. The van der Waals surface area contributed by atoms with Crippen molar-refractivity contribution in [3.8, 4) is 0 Å². The third-order valence-corrected chi connectivity index (χ3v) is 3.17. The fourth-order valence-electron chi connectivity index (χ4n) is 2.17. The molecule has 0 aliphatic heterocycles. The van der Waals surface area contributed by atoms with Gasteiger partial charge in [0, 0.05) is 18.8 Å². The topological polar surface area (TPSA) is 29.9 Å². The molecule has 2 aromatic rings. The van der Waals surface area contributed by atoms with Crippen LogP contribution < -0.4 is 5.32 Å². The largest absolute Gasteiger partial charge is 0.416 e. The molecule has 0 unspecified atom stereocenters. The van der Waals surface area contributed by atoms with E-state index in [-0.39, 0.29) is 18.2 Å². The molecule has 114 valence electrons. The number of halogens is 3. The fourth-order valence-corrected chi connectivity index (χ4v) is 2.17. The standard InChI is InChI=1S/C15H18F3N3/c1-10(2)21-9-11(3)20-14(21)19-8-12-6-4-5-7-13(12)15(16,17)18/h4-7,9-10H,8H2,1-3H3,(H,19,20). The molecule has 0 aliphatic rings. The average molecular weight is 297 g/mol. The molecule has 21 heavy (non-hydrogen) atoms. The lowest BCUT2D eigenvalue weighted by Gasteiger charge is -2.15. The van der Waals surface area contributed by atoms with Gasteiger partial charge in [-0.2, -0.15) is 13.2 Å². The van der Waals surface area contributed by atoms with Crippen molar-refractivity contribution in [2.45, 2.75) is 39.5 Å². The summed E-state index contributed by atoms with van der Waals surface area (Å²) >= 11 is 0. The second-order valence-electron chi connectivity index (χ2n) is 5.22. The van der Waals surface area contributed by atoms with Crippen LogP contribution in [0.1, 0.15) is 36.7 Å². The molecule has 0 fully saturated rings. The minimum Gasteiger partial charge on any atom is -0.352 e. The highest BCUT2D eigenvalue weighted by molar-refractivity contribution is 5.35. The van der Waals surface area contributed by atoms with Gasteiger partial charge in [0.2, 0.25) is 5.95 Å². The van der Waals surface area contributed by atoms with E-state index in [2.05, 4.69) is 10.3 Å². The molecule has 1 aromatic heterocycles. The number of alkyl halides is 3. The van der Waals surface area contributed by atoms with Crippen LogP contribution in [0.5, 0.6) is 0 Å². The van der Waals surface area contributed by atoms with E-state index in [1.807, 2.05) is 31.5 Å². The quantitative estimate of drug-likeness (QED) is 0.906. The van der Waals surface area contributed by atoms with Gasteiger partial charge in [-0.3, -0.25) is 0 Å². The van der Waals surface area contributed by atoms with Gasteiger partial charge in [-0.05, 0) is 32.4 Å². The summed E-state index contributed by atoms with van der Waals surface area (Å²) < 4.78 is 40.7. The van der Waals surface area contributed by atoms with Crippen molar-refractivity contribution >= 4 is 5.95 Å². The van der Waals surface area contributed by atoms with Crippen molar-refractivity contribution in [2.75, 3.05) is 5.32 Å². The molecule has 0 bridgehead atoms. The molecule has 0 spiro atoms. The number of nitrogens with one attached hydrogen (secondary N) is 1. The van der Waals surface area contributed by atoms with Gasteiger partial charge < -0.3 is 9.88 Å². The first-order chi connectivity index (χ1) is 9.79. The van der Waals surface area contributed by atoms with Crippen LogP contribution in [-0.2, 0) is 12.7 Å². The summed E-state index contributed by atoms with van der Waals surface area (Å²) in [5, 5.41) is 3.00. The Kier molecular flexibility index (Phi) is 4.25. The number of rotatable bonds is 4. The second-order valence-corrected chi connectivity index (χ2v) is 5.22. The van der Waals surface area contributed by atoms with E-state index in [9.17, 15) is 13.2 Å². The maximum atomic E-state index is 12.9.